The summed E-state index contributed by atoms with van der Waals surface area (Å²) in [5, 5.41) is 12.3. The average molecular weight is 465 g/mol. The van der Waals surface area contributed by atoms with E-state index < -0.39 is 29.6 Å². The lowest BCUT2D eigenvalue weighted by Crippen LogP contribution is -2.59. The maximum absolute atomic E-state index is 13.4. The van der Waals surface area contributed by atoms with Gasteiger partial charge in [0.15, 0.2) is 0 Å². The molecule has 2 N–H and O–H groups in total. The molecule has 7 heteroatoms. The molecule has 4 rings (SSSR count). The Labute approximate surface area is 200 Å². The minimum atomic E-state index is -1.01. The lowest BCUT2D eigenvalue weighted by Gasteiger charge is -2.39. The molecule has 1 aliphatic heterocycles. The molecule has 2 aliphatic rings. The van der Waals surface area contributed by atoms with Crippen LogP contribution in [-0.4, -0.2) is 53.2 Å². The Balaban J connectivity index is 1.47. The van der Waals surface area contributed by atoms with Crippen LogP contribution < -0.4 is 5.32 Å². The second-order valence-corrected chi connectivity index (χ2v) is 10.2. The molecule has 0 aromatic heterocycles. The molecular formula is C27H32N2O5. The summed E-state index contributed by atoms with van der Waals surface area (Å²) in [5.74, 6) is -1.48. The number of ether oxygens (including phenoxy) is 1. The number of carboxylic acid groups (broad SMARTS) is 1. The smallest absolute Gasteiger partial charge is 0.407 e. The zero-order chi connectivity index (χ0) is 24.5. The minimum Gasteiger partial charge on any atom is -0.480 e. The molecule has 7 nitrogen and oxygen atoms in total. The first-order chi connectivity index (χ1) is 16.2. The highest BCUT2D eigenvalue weighted by Gasteiger charge is 2.41. The monoisotopic (exact) mass is 464 g/mol. The van der Waals surface area contributed by atoms with Crippen LogP contribution >= 0.6 is 0 Å². The van der Waals surface area contributed by atoms with Gasteiger partial charge in [-0.05, 0) is 46.9 Å². The van der Waals surface area contributed by atoms with E-state index in [1.54, 1.807) is 0 Å². The number of carbonyl (C=O) groups is 3. The standard InChI is InChI=1S/C27H32N2O5/c1-27(2,3)23(24(30)29-15-9-8-14-22(29)25(31)32)28-26(33)34-16-21-19-12-6-4-10-17(19)18-11-5-7-13-20(18)21/h4-7,10-13,21-23H,8-9,14-16H2,1-3H3,(H,28,33)(H,31,32)/t22?,23-/m1/s1. The topological polar surface area (TPSA) is 95.9 Å². The number of hydrogen-bond acceptors (Lipinski definition) is 4. The van der Waals surface area contributed by atoms with Gasteiger partial charge in [0, 0.05) is 12.5 Å². The number of carbonyl (C=O) groups excluding carboxylic acids is 2. The number of piperidine rings is 1. The lowest BCUT2D eigenvalue weighted by atomic mass is 9.85. The summed E-state index contributed by atoms with van der Waals surface area (Å²) >= 11 is 0. The van der Waals surface area contributed by atoms with Crippen molar-refractivity contribution in [1.82, 2.24) is 10.2 Å². The quantitative estimate of drug-likeness (QED) is 0.684. The largest absolute Gasteiger partial charge is 0.480 e. The number of nitrogens with one attached hydrogen (secondary N) is 1. The van der Waals surface area contributed by atoms with Crippen LogP contribution in [0.1, 0.15) is 57.1 Å². The van der Waals surface area contributed by atoms with Crippen LogP contribution in [0.4, 0.5) is 4.79 Å². The van der Waals surface area contributed by atoms with Gasteiger partial charge in [-0.3, -0.25) is 4.79 Å². The van der Waals surface area contributed by atoms with Gasteiger partial charge in [-0.1, -0.05) is 69.3 Å². The molecule has 180 valence electrons. The second-order valence-electron chi connectivity index (χ2n) is 10.2. The molecule has 2 aromatic rings. The fourth-order valence-electron chi connectivity index (χ4n) is 5.02. The summed E-state index contributed by atoms with van der Waals surface area (Å²) in [5.41, 5.74) is 3.87. The highest BCUT2D eigenvalue weighted by molar-refractivity contribution is 5.90. The SMILES string of the molecule is CC(C)(C)[C@H](NC(=O)OCC1c2ccccc2-c2ccccc21)C(=O)N1CCCCC1C(=O)O. The van der Waals surface area contributed by atoms with Crippen molar-refractivity contribution in [2.24, 2.45) is 5.41 Å². The Bertz CT molecular complexity index is 1040. The number of fused-ring (bicyclic) bond motifs is 3. The molecule has 2 amide bonds. The van der Waals surface area contributed by atoms with E-state index in [-0.39, 0.29) is 18.4 Å². The highest BCUT2D eigenvalue weighted by atomic mass is 16.5. The first kappa shape index (κ1) is 23.8. The molecule has 0 saturated carbocycles. The van der Waals surface area contributed by atoms with E-state index in [0.29, 0.717) is 13.0 Å². The van der Waals surface area contributed by atoms with Crippen LogP contribution in [0.2, 0.25) is 0 Å². The van der Waals surface area contributed by atoms with Gasteiger partial charge >= 0.3 is 12.1 Å². The number of hydrogen-bond donors (Lipinski definition) is 2. The second kappa shape index (κ2) is 9.49. The summed E-state index contributed by atoms with van der Waals surface area (Å²) in [7, 11) is 0. The summed E-state index contributed by atoms with van der Waals surface area (Å²) in [6.45, 7) is 6.05. The molecule has 0 radical (unpaired) electrons. The summed E-state index contributed by atoms with van der Waals surface area (Å²) in [6, 6.07) is 14.4. The Morgan fingerprint density at radius 2 is 1.62 bits per heavy atom. The number of aliphatic carboxylic acids is 1. The van der Waals surface area contributed by atoms with Crippen molar-refractivity contribution in [3.8, 4) is 11.1 Å². The van der Waals surface area contributed by atoms with E-state index in [1.165, 1.54) is 4.90 Å². The number of alkyl carbamates (subject to hydrolysis) is 1. The zero-order valence-corrected chi connectivity index (χ0v) is 19.9. The fraction of sp³-hybridized carbons (Fsp3) is 0.444. The summed E-state index contributed by atoms with van der Waals surface area (Å²) in [6.07, 6.45) is 1.25. The minimum absolute atomic E-state index is 0.0829. The van der Waals surface area contributed by atoms with Crippen molar-refractivity contribution in [2.45, 2.75) is 58.0 Å². The Kier molecular flexibility index (Phi) is 6.64. The van der Waals surface area contributed by atoms with E-state index in [2.05, 4.69) is 17.4 Å². The van der Waals surface area contributed by atoms with Crippen LogP contribution in [0.5, 0.6) is 0 Å². The lowest BCUT2D eigenvalue weighted by molar-refractivity contribution is -0.154. The van der Waals surface area contributed by atoms with Crippen molar-refractivity contribution in [1.29, 1.82) is 0 Å². The van der Waals surface area contributed by atoms with E-state index in [9.17, 15) is 19.5 Å². The van der Waals surface area contributed by atoms with Gasteiger partial charge in [-0.15, -0.1) is 0 Å². The van der Waals surface area contributed by atoms with Gasteiger partial charge in [0.25, 0.3) is 0 Å². The molecule has 0 spiro atoms. The molecule has 1 unspecified atom stereocenters. The molecule has 2 atom stereocenters. The van der Waals surface area contributed by atoms with Crippen LogP contribution in [0.25, 0.3) is 11.1 Å². The fourth-order valence-corrected chi connectivity index (χ4v) is 5.02. The third-order valence-electron chi connectivity index (χ3n) is 6.79. The number of benzene rings is 2. The van der Waals surface area contributed by atoms with Gasteiger partial charge in [0.2, 0.25) is 5.91 Å². The van der Waals surface area contributed by atoms with Crippen LogP contribution in [0.15, 0.2) is 48.5 Å². The summed E-state index contributed by atoms with van der Waals surface area (Å²) in [4.78, 5) is 39.3. The van der Waals surface area contributed by atoms with Gasteiger partial charge in [-0.2, -0.15) is 0 Å². The van der Waals surface area contributed by atoms with Gasteiger partial charge in [0.1, 0.15) is 18.7 Å². The third-order valence-corrected chi connectivity index (χ3v) is 6.79. The van der Waals surface area contributed by atoms with Crippen molar-refractivity contribution >= 4 is 18.0 Å². The first-order valence-electron chi connectivity index (χ1n) is 11.8. The molecule has 1 saturated heterocycles. The van der Waals surface area contributed by atoms with Crippen LogP contribution in [-0.2, 0) is 14.3 Å². The number of carboxylic acids is 1. The van der Waals surface area contributed by atoms with E-state index in [4.69, 9.17) is 4.74 Å². The molecule has 1 aliphatic carbocycles. The average Bonchev–Trinajstić information content (AvgIpc) is 3.14. The van der Waals surface area contributed by atoms with Crippen molar-refractivity contribution in [2.75, 3.05) is 13.2 Å². The molecule has 0 bridgehead atoms. The van der Waals surface area contributed by atoms with Gasteiger partial charge < -0.3 is 20.1 Å². The summed E-state index contributed by atoms with van der Waals surface area (Å²) < 4.78 is 5.64. The van der Waals surface area contributed by atoms with Gasteiger partial charge in [0.05, 0.1) is 0 Å². The van der Waals surface area contributed by atoms with E-state index in [0.717, 1.165) is 35.1 Å². The van der Waals surface area contributed by atoms with Crippen molar-refractivity contribution in [3.63, 3.8) is 0 Å². The normalized spacial score (nSPS) is 18.6. The molecule has 1 heterocycles. The number of nitrogens with zero attached hydrogens (tertiary/aromatic N) is 1. The molecular weight excluding hydrogens is 432 g/mol. The highest BCUT2D eigenvalue weighted by Crippen LogP contribution is 2.44. The first-order valence-corrected chi connectivity index (χ1v) is 11.8. The van der Waals surface area contributed by atoms with E-state index in [1.807, 2.05) is 57.2 Å². The maximum atomic E-state index is 13.4. The molecule has 34 heavy (non-hydrogen) atoms. The Morgan fingerprint density at radius 1 is 1.03 bits per heavy atom. The third kappa shape index (κ3) is 4.65. The van der Waals surface area contributed by atoms with Crippen LogP contribution in [0.3, 0.4) is 0 Å². The Morgan fingerprint density at radius 3 is 2.18 bits per heavy atom. The van der Waals surface area contributed by atoms with E-state index >= 15 is 0 Å². The van der Waals surface area contributed by atoms with Gasteiger partial charge in [-0.25, -0.2) is 9.59 Å². The Hall–Kier alpha value is -3.35. The number of rotatable bonds is 5. The number of likely N-dealkylation sites (tertiary alicyclic amines) is 1. The predicted molar refractivity (Wildman–Crippen MR) is 128 cm³/mol. The van der Waals surface area contributed by atoms with Crippen LogP contribution in [0, 0.1) is 5.41 Å². The maximum Gasteiger partial charge on any atom is 0.407 e. The van der Waals surface area contributed by atoms with Crippen molar-refractivity contribution < 1.29 is 24.2 Å². The van der Waals surface area contributed by atoms with Crippen molar-refractivity contribution in [3.05, 3.63) is 59.7 Å². The zero-order valence-electron chi connectivity index (χ0n) is 19.9. The number of amides is 2. The molecule has 2 aromatic carbocycles. The molecule has 1 fully saturated rings. The predicted octanol–water partition coefficient (Wildman–Crippen LogP) is 4.41.